The van der Waals surface area contributed by atoms with Crippen LogP contribution in [0.15, 0.2) is 59.8 Å². The molecule has 1 fully saturated rings. The number of carbonyl (C=O) groups excluding carboxylic acids is 1. The Morgan fingerprint density at radius 3 is 2.48 bits per heavy atom. The number of carbonyl (C=O) groups is 1. The second kappa shape index (κ2) is 9.03. The Labute approximate surface area is 192 Å². The number of hydrogen-bond acceptors (Lipinski definition) is 6. The maximum atomic E-state index is 13.1. The minimum Gasteiger partial charge on any atom is -0.349 e. The number of aryl methyl sites for hydroxylation is 1. The van der Waals surface area contributed by atoms with Crippen LogP contribution in [0.4, 0.5) is 0 Å². The Hall–Kier alpha value is -3.11. The van der Waals surface area contributed by atoms with Gasteiger partial charge in [-0.05, 0) is 77.9 Å². The number of rotatable bonds is 5. The molecule has 0 bridgehead atoms. The van der Waals surface area contributed by atoms with Gasteiger partial charge in [-0.15, -0.1) is 5.10 Å². The smallest absolute Gasteiger partial charge is 0.243 e. The molecule has 33 heavy (non-hydrogen) atoms. The molecule has 5 rings (SSSR count). The zero-order valence-electron chi connectivity index (χ0n) is 18.2. The highest BCUT2D eigenvalue weighted by Gasteiger charge is 2.33. The van der Waals surface area contributed by atoms with Crippen LogP contribution in [-0.4, -0.2) is 51.9 Å². The Bertz CT molecular complexity index is 1220. The molecule has 1 saturated heterocycles. The normalized spacial score (nSPS) is 19.7. The fraction of sp³-hybridized carbons (Fsp3) is 0.391. The van der Waals surface area contributed by atoms with E-state index in [0.717, 1.165) is 19.3 Å². The first-order chi connectivity index (χ1) is 16.0. The molecule has 10 heteroatoms. The lowest BCUT2D eigenvalue weighted by Crippen LogP contribution is -2.44. The van der Waals surface area contributed by atoms with Crippen molar-refractivity contribution in [2.24, 2.45) is 5.92 Å². The van der Waals surface area contributed by atoms with Crippen LogP contribution < -0.4 is 5.32 Å². The summed E-state index contributed by atoms with van der Waals surface area (Å²) in [6, 6.07) is 14.8. The molecule has 1 amide bonds. The first-order valence-electron chi connectivity index (χ1n) is 11.2. The molecule has 2 aliphatic rings. The highest BCUT2D eigenvalue weighted by molar-refractivity contribution is 7.89. The van der Waals surface area contributed by atoms with Crippen LogP contribution in [0.1, 0.15) is 42.9 Å². The van der Waals surface area contributed by atoms with Crippen molar-refractivity contribution in [3.63, 3.8) is 0 Å². The van der Waals surface area contributed by atoms with Crippen LogP contribution in [0, 0.1) is 5.92 Å². The fourth-order valence-electron chi connectivity index (χ4n) is 4.75. The van der Waals surface area contributed by atoms with Crippen molar-refractivity contribution in [2.45, 2.75) is 43.0 Å². The molecular weight excluding hydrogens is 440 g/mol. The van der Waals surface area contributed by atoms with E-state index in [-0.39, 0.29) is 22.8 Å². The van der Waals surface area contributed by atoms with E-state index in [2.05, 4.69) is 33.0 Å². The van der Waals surface area contributed by atoms with Crippen LogP contribution in [0.5, 0.6) is 0 Å². The number of hydrogen-bond donors (Lipinski definition) is 1. The molecule has 1 atom stereocenters. The average Bonchev–Trinajstić information content (AvgIpc) is 3.40. The zero-order chi connectivity index (χ0) is 22.8. The lowest BCUT2D eigenvalue weighted by Gasteiger charge is -2.32. The average molecular weight is 467 g/mol. The highest BCUT2D eigenvalue weighted by atomic mass is 32.2. The van der Waals surface area contributed by atoms with E-state index in [1.165, 1.54) is 26.4 Å². The summed E-state index contributed by atoms with van der Waals surface area (Å²) in [5.41, 5.74) is 3.20. The number of nitrogens with one attached hydrogen (secondary N) is 1. The van der Waals surface area contributed by atoms with E-state index >= 15 is 0 Å². The van der Waals surface area contributed by atoms with E-state index in [9.17, 15) is 13.2 Å². The number of nitrogens with zero attached hydrogens (tertiary/aromatic N) is 5. The molecule has 0 spiro atoms. The Morgan fingerprint density at radius 2 is 1.76 bits per heavy atom. The van der Waals surface area contributed by atoms with Crippen molar-refractivity contribution in [1.82, 2.24) is 29.8 Å². The predicted octanol–water partition coefficient (Wildman–Crippen LogP) is 2.26. The Morgan fingerprint density at radius 1 is 1.00 bits per heavy atom. The summed E-state index contributed by atoms with van der Waals surface area (Å²) in [5.74, 6) is -0.146. The lowest BCUT2D eigenvalue weighted by atomic mass is 9.87. The number of aromatic nitrogens is 4. The molecule has 172 valence electrons. The summed E-state index contributed by atoms with van der Waals surface area (Å²) >= 11 is 0. The van der Waals surface area contributed by atoms with Crippen LogP contribution in [0.2, 0.25) is 0 Å². The molecule has 2 aromatic carbocycles. The summed E-state index contributed by atoms with van der Waals surface area (Å²) in [6.07, 6.45) is 5.53. The van der Waals surface area contributed by atoms with Crippen LogP contribution >= 0.6 is 0 Å². The minimum atomic E-state index is -3.62. The first-order valence-corrected chi connectivity index (χ1v) is 12.7. The van der Waals surface area contributed by atoms with Gasteiger partial charge in [0.1, 0.15) is 6.33 Å². The maximum absolute atomic E-state index is 13.1. The molecule has 9 nitrogen and oxygen atoms in total. The molecular formula is C23H26N6O3S. The van der Waals surface area contributed by atoms with E-state index in [1.807, 2.05) is 12.1 Å². The van der Waals surface area contributed by atoms with Crippen molar-refractivity contribution in [3.05, 3.63) is 66.0 Å². The topological polar surface area (TPSA) is 110 Å². The van der Waals surface area contributed by atoms with Gasteiger partial charge >= 0.3 is 0 Å². The van der Waals surface area contributed by atoms with Gasteiger partial charge in [0.2, 0.25) is 15.9 Å². The monoisotopic (exact) mass is 466 g/mol. The Balaban J connectivity index is 1.20. The van der Waals surface area contributed by atoms with Gasteiger partial charge in [0.15, 0.2) is 0 Å². The first kappa shape index (κ1) is 21.7. The van der Waals surface area contributed by atoms with Gasteiger partial charge in [-0.2, -0.15) is 4.31 Å². The third kappa shape index (κ3) is 4.40. The Kier molecular flexibility index (Phi) is 5.94. The van der Waals surface area contributed by atoms with E-state index in [1.54, 1.807) is 24.3 Å². The third-order valence-corrected chi connectivity index (χ3v) is 8.51. The number of sulfonamides is 1. The van der Waals surface area contributed by atoms with Crippen molar-refractivity contribution in [2.75, 3.05) is 13.1 Å². The number of fused-ring (bicyclic) bond motifs is 1. The van der Waals surface area contributed by atoms with Crippen molar-refractivity contribution < 1.29 is 13.2 Å². The summed E-state index contributed by atoms with van der Waals surface area (Å²) in [6.45, 7) is 0.660. The van der Waals surface area contributed by atoms with Crippen LogP contribution in [0.3, 0.4) is 0 Å². The van der Waals surface area contributed by atoms with E-state index in [4.69, 9.17) is 0 Å². The van der Waals surface area contributed by atoms with Crippen molar-refractivity contribution in [1.29, 1.82) is 0 Å². The summed E-state index contributed by atoms with van der Waals surface area (Å²) in [7, 11) is -3.62. The van der Waals surface area contributed by atoms with E-state index < -0.39 is 10.0 Å². The zero-order valence-corrected chi connectivity index (χ0v) is 19.0. The number of tetrazole rings is 1. The predicted molar refractivity (Wildman–Crippen MR) is 121 cm³/mol. The molecule has 0 unspecified atom stereocenters. The van der Waals surface area contributed by atoms with Gasteiger partial charge in [-0.25, -0.2) is 13.1 Å². The third-order valence-electron chi connectivity index (χ3n) is 6.60. The molecule has 2 heterocycles. The second-order valence-electron chi connectivity index (χ2n) is 8.58. The summed E-state index contributed by atoms with van der Waals surface area (Å²) < 4.78 is 29.1. The molecule has 1 N–H and O–H groups in total. The number of amides is 1. The molecule has 1 aromatic heterocycles. The van der Waals surface area contributed by atoms with Crippen molar-refractivity contribution in [3.8, 4) is 5.69 Å². The number of piperidine rings is 1. The summed E-state index contributed by atoms with van der Waals surface area (Å²) in [4.78, 5) is 13.2. The molecule has 1 aliphatic heterocycles. The van der Waals surface area contributed by atoms with Crippen LogP contribution in [-0.2, 0) is 21.2 Å². The van der Waals surface area contributed by atoms with Crippen LogP contribution in [0.25, 0.3) is 5.69 Å². The molecule has 0 radical (unpaired) electrons. The lowest BCUT2D eigenvalue weighted by molar-refractivity contribution is -0.127. The standard InChI is InChI=1S/C23H26N6O3S/c30-23(25-22-7-3-5-17-4-1-2-6-21(17)22)18-12-14-28(15-13-18)33(31,32)20-10-8-19(9-11-20)29-16-24-26-27-29/h1-2,4,6,8-11,16,18,22H,3,5,7,12-15H2,(H,25,30)/t22-/m0/s1. The van der Waals surface area contributed by atoms with Gasteiger partial charge in [0, 0.05) is 19.0 Å². The molecule has 0 saturated carbocycles. The molecule has 3 aromatic rings. The van der Waals surface area contributed by atoms with E-state index in [0.29, 0.717) is 31.6 Å². The van der Waals surface area contributed by atoms with Gasteiger partial charge < -0.3 is 5.32 Å². The SMILES string of the molecule is O=C(N[C@H]1CCCc2ccccc21)C1CCN(S(=O)(=O)c2ccc(-n3cnnn3)cc2)CC1. The van der Waals surface area contributed by atoms with Gasteiger partial charge in [-0.3, -0.25) is 4.79 Å². The highest BCUT2D eigenvalue weighted by Crippen LogP contribution is 2.31. The minimum absolute atomic E-state index is 0.0274. The molecule has 1 aliphatic carbocycles. The number of benzene rings is 2. The van der Waals surface area contributed by atoms with Gasteiger partial charge in [-0.1, -0.05) is 24.3 Å². The largest absolute Gasteiger partial charge is 0.349 e. The fourth-order valence-corrected chi connectivity index (χ4v) is 6.22. The second-order valence-corrected chi connectivity index (χ2v) is 10.5. The van der Waals surface area contributed by atoms with Gasteiger partial charge in [0.05, 0.1) is 16.6 Å². The summed E-state index contributed by atoms with van der Waals surface area (Å²) in [5, 5.41) is 14.2. The van der Waals surface area contributed by atoms with Crippen molar-refractivity contribution >= 4 is 15.9 Å². The maximum Gasteiger partial charge on any atom is 0.243 e. The quantitative estimate of drug-likeness (QED) is 0.618. The van der Waals surface area contributed by atoms with Gasteiger partial charge in [0.25, 0.3) is 0 Å².